The summed E-state index contributed by atoms with van der Waals surface area (Å²) in [7, 11) is 1.66. The van der Waals surface area contributed by atoms with Crippen LogP contribution in [0.1, 0.15) is 44.1 Å². The molecule has 3 heterocycles. The van der Waals surface area contributed by atoms with Crippen LogP contribution in [-0.2, 0) is 11.3 Å². The third kappa shape index (κ3) is 7.11. The van der Waals surface area contributed by atoms with Crippen LogP contribution < -0.4 is 13.9 Å². The van der Waals surface area contributed by atoms with Gasteiger partial charge in [-0.15, -0.1) is 0 Å². The molecule has 0 fully saturated rings. The lowest BCUT2D eigenvalue weighted by atomic mass is 9.87. The van der Waals surface area contributed by atoms with Crippen molar-refractivity contribution in [2.24, 2.45) is 5.41 Å². The number of hydrogen-bond acceptors (Lipinski definition) is 10. The summed E-state index contributed by atoms with van der Waals surface area (Å²) in [6.45, 7) is 12.0. The molecule has 1 atom stereocenters. The molecule has 1 N–H and O–H groups in total. The van der Waals surface area contributed by atoms with E-state index >= 15 is 0 Å². The number of aromatic hydroxyl groups is 1. The van der Waals surface area contributed by atoms with Crippen molar-refractivity contribution < 1.29 is 14.6 Å². The van der Waals surface area contributed by atoms with Crippen molar-refractivity contribution in [1.29, 1.82) is 0 Å². The smallest absolute Gasteiger partial charge is 0.241 e. The van der Waals surface area contributed by atoms with Crippen LogP contribution in [0.5, 0.6) is 11.6 Å². The van der Waals surface area contributed by atoms with Gasteiger partial charge in [-0.25, -0.2) is 15.0 Å². The highest BCUT2D eigenvalue weighted by molar-refractivity contribution is 8.00. The monoisotopic (exact) mass is 586 g/mol. The molecule has 0 saturated heterocycles. The largest absolute Gasteiger partial charge is 0.505 e. The van der Waals surface area contributed by atoms with Gasteiger partial charge in [-0.3, -0.25) is 4.31 Å². The molecule has 1 aliphatic rings. The summed E-state index contributed by atoms with van der Waals surface area (Å²) in [5, 5.41) is 9.77. The van der Waals surface area contributed by atoms with Crippen LogP contribution in [0.3, 0.4) is 0 Å². The Morgan fingerprint density at radius 1 is 1.02 bits per heavy atom. The first kappa shape index (κ1) is 29.6. The third-order valence-electron chi connectivity index (χ3n) is 6.98. The van der Waals surface area contributed by atoms with E-state index in [0.717, 1.165) is 39.4 Å². The molecule has 2 aromatic heterocycles. The molecule has 0 spiro atoms. The average Bonchev–Trinajstić information content (AvgIpc) is 2.94. The molecule has 4 bridgehead atoms. The standard InChI is InChI=1S/C32H38N6O3S/c1-21-9-7-10-22(2)30(21)27-14-29-36-31(35-27)38(20-40-6)42-26-12-8-11-23(13-26)37(18-28-33-16-25(39)17-34-28)24(19-41-29)15-32(3,4)5/h7-14,16-17,24,39H,15,18-20H2,1-6H3. The summed E-state index contributed by atoms with van der Waals surface area (Å²) < 4.78 is 14.1. The second-order valence-corrected chi connectivity index (χ2v) is 12.9. The number of ether oxygens (including phenoxy) is 2. The van der Waals surface area contributed by atoms with E-state index in [1.54, 1.807) is 7.11 Å². The van der Waals surface area contributed by atoms with Crippen LogP contribution in [0.4, 0.5) is 11.6 Å². The minimum atomic E-state index is -0.0285. The highest BCUT2D eigenvalue weighted by Gasteiger charge is 2.28. The SMILES string of the molecule is COCN1Sc2cccc(c2)N(Cc2ncc(O)cn2)C(CC(C)(C)C)COc2cc(-c3c(C)cccc3C)nc1n2. The zero-order valence-electron chi connectivity index (χ0n) is 25.0. The van der Waals surface area contributed by atoms with Crippen molar-refractivity contribution in [2.45, 2.75) is 58.5 Å². The van der Waals surface area contributed by atoms with Gasteiger partial charge < -0.3 is 19.5 Å². The van der Waals surface area contributed by atoms with Crippen molar-refractivity contribution >= 4 is 23.6 Å². The number of hydrogen-bond donors (Lipinski definition) is 1. The Kier molecular flexibility index (Phi) is 8.84. The molecule has 220 valence electrons. The topological polar surface area (TPSA) is 96.7 Å². The highest BCUT2D eigenvalue weighted by atomic mass is 32.2. The van der Waals surface area contributed by atoms with Gasteiger partial charge in [0.15, 0.2) is 5.75 Å². The summed E-state index contributed by atoms with van der Waals surface area (Å²) in [5.74, 6) is 1.67. The second kappa shape index (κ2) is 12.5. The van der Waals surface area contributed by atoms with E-state index in [4.69, 9.17) is 19.4 Å². The van der Waals surface area contributed by atoms with Crippen molar-refractivity contribution in [2.75, 3.05) is 29.7 Å². The molecule has 0 aliphatic carbocycles. The van der Waals surface area contributed by atoms with Gasteiger partial charge in [0, 0.05) is 29.3 Å². The highest BCUT2D eigenvalue weighted by Crippen LogP contribution is 2.36. The quantitative estimate of drug-likeness (QED) is 0.250. The molecule has 0 radical (unpaired) electrons. The summed E-state index contributed by atoms with van der Waals surface area (Å²) in [5.41, 5.74) is 5.18. The first-order valence-corrected chi connectivity index (χ1v) is 14.8. The fourth-order valence-corrected chi connectivity index (χ4v) is 6.08. The molecule has 4 aromatic rings. The Bertz CT molecular complexity index is 1510. The molecule has 10 heteroatoms. The zero-order valence-corrected chi connectivity index (χ0v) is 25.9. The third-order valence-corrected chi connectivity index (χ3v) is 7.93. The van der Waals surface area contributed by atoms with E-state index in [0.29, 0.717) is 30.8 Å². The van der Waals surface area contributed by atoms with Gasteiger partial charge >= 0.3 is 0 Å². The number of aryl methyl sites for hydroxylation is 2. The van der Waals surface area contributed by atoms with Crippen LogP contribution in [0.25, 0.3) is 11.3 Å². The number of nitrogens with zero attached hydrogens (tertiary/aromatic N) is 6. The molecule has 5 rings (SSSR count). The van der Waals surface area contributed by atoms with E-state index in [-0.39, 0.29) is 23.9 Å². The molecule has 1 unspecified atom stereocenters. The fourth-order valence-electron chi connectivity index (χ4n) is 5.19. The van der Waals surface area contributed by atoms with Crippen LogP contribution in [0.15, 0.2) is 65.8 Å². The number of aromatic nitrogens is 4. The van der Waals surface area contributed by atoms with E-state index in [1.165, 1.54) is 24.3 Å². The van der Waals surface area contributed by atoms with Crippen LogP contribution in [0.2, 0.25) is 0 Å². The Morgan fingerprint density at radius 3 is 2.43 bits per heavy atom. The number of methoxy groups -OCH3 is 1. The average molecular weight is 587 g/mol. The lowest BCUT2D eigenvalue weighted by Gasteiger charge is -2.37. The maximum atomic E-state index is 9.77. The Hall–Kier alpha value is -3.89. The molecule has 1 aliphatic heterocycles. The summed E-state index contributed by atoms with van der Waals surface area (Å²) in [6, 6.07) is 16.5. The normalized spacial score (nSPS) is 15.5. The van der Waals surface area contributed by atoms with Gasteiger partial charge in [-0.05, 0) is 67.0 Å². The summed E-state index contributed by atoms with van der Waals surface area (Å²) >= 11 is 1.51. The number of anilines is 2. The predicted molar refractivity (Wildman–Crippen MR) is 167 cm³/mol. The van der Waals surface area contributed by atoms with Crippen molar-refractivity contribution in [1.82, 2.24) is 19.9 Å². The molecule has 0 amide bonds. The van der Waals surface area contributed by atoms with E-state index in [9.17, 15) is 5.11 Å². The summed E-state index contributed by atoms with van der Waals surface area (Å²) in [4.78, 5) is 22.0. The van der Waals surface area contributed by atoms with E-state index < -0.39 is 0 Å². The minimum absolute atomic E-state index is 0.0149. The van der Waals surface area contributed by atoms with Gasteiger partial charge in [0.05, 0.1) is 30.7 Å². The summed E-state index contributed by atoms with van der Waals surface area (Å²) in [6.07, 6.45) is 3.71. The maximum Gasteiger partial charge on any atom is 0.241 e. The molecular formula is C32H38N6O3S. The number of rotatable bonds is 6. The molecule has 2 aromatic carbocycles. The van der Waals surface area contributed by atoms with Crippen LogP contribution in [0, 0.1) is 19.3 Å². The Balaban J connectivity index is 1.64. The van der Waals surface area contributed by atoms with Crippen molar-refractivity contribution in [3.8, 4) is 22.9 Å². The van der Waals surface area contributed by atoms with Gasteiger partial charge in [-0.2, -0.15) is 4.98 Å². The van der Waals surface area contributed by atoms with Gasteiger partial charge in [0.1, 0.15) is 19.2 Å². The van der Waals surface area contributed by atoms with Crippen molar-refractivity contribution in [3.05, 3.63) is 77.9 Å². The first-order valence-electron chi connectivity index (χ1n) is 14.0. The van der Waals surface area contributed by atoms with Crippen LogP contribution >= 0.6 is 11.9 Å². The Labute approximate surface area is 252 Å². The van der Waals surface area contributed by atoms with Crippen molar-refractivity contribution in [3.63, 3.8) is 0 Å². The van der Waals surface area contributed by atoms with Gasteiger partial charge in [0.2, 0.25) is 11.8 Å². The zero-order chi connectivity index (χ0) is 29.9. The number of fused-ring (bicyclic) bond motifs is 4. The predicted octanol–water partition coefficient (Wildman–Crippen LogP) is 6.58. The van der Waals surface area contributed by atoms with Gasteiger partial charge in [-0.1, -0.05) is 45.0 Å². The molecule has 9 nitrogen and oxygen atoms in total. The van der Waals surface area contributed by atoms with Crippen LogP contribution in [-0.4, -0.2) is 51.5 Å². The molecule has 0 saturated carbocycles. The first-order chi connectivity index (χ1) is 20.1. The fraction of sp³-hybridized carbons (Fsp3) is 0.375. The molecular weight excluding hydrogens is 548 g/mol. The second-order valence-electron chi connectivity index (χ2n) is 11.8. The molecule has 42 heavy (non-hydrogen) atoms. The van der Waals surface area contributed by atoms with E-state index in [1.807, 2.05) is 16.4 Å². The Morgan fingerprint density at radius 2 is 1.74 bits per heavy atom. The number of benzene rings is 2. The van der Waals surface area contributed by atoms with Gasteiger partial charge in [0.25, 0.3) is 0 Å². The lowest BCUT2D eigenvalue weighted by Crippen LogP contribution is -2.42. The minimum Gasteiger partial charge on any atom is -0.505 e. The van der Waals surface area contributed by atoms with E-state index in [2.05, 4.69) is 85.9 Å². The lowest BCUT2D eigenvalue weighted by molar-refractivity contribution is 0.209. The maximum absolute atomic E-state index is 9.77.